The van der Waals surface area contributed by atoms with Gasteiger partial charge in [-0.05, 0) is 59.2 Å². The number of amides is 1. The Morgan fingerprint density at radius 1 is 1.03 bits per heavy atom. The van der Waals surface area contributed by atoms with E-state index >= 15 is 0 Å². The van der Waals surface area contributed by atoms with Gasteiger partial charge in [-0.3, -0.25) is 4.79 Å². The monoisotopic (exact) mass is 500 g/mol. The van der Waals surface area contributed by atoms with E-state index in [1.165, 1.54) is 11.8 Å². The Kier molecular flexibility index (Phi) is 8.11. The molecule has 34 heavy (non-hydrogen) atoms. The van der Waals surface area contributed by atoms with E-state index in [0.717, 1.165) is 6.42 Å². The van der Waals surface area contributed by atoms with E-state index in [4.69, 9.17) is 32.4 Å². The van der Waals surface area contributed by atoms with E-state index in [1.807, 2.05) is 18.2 Å². The highest BCUT2D eigenvalue weighted by molar-refractivity contribution is 6.43. The number of ether oxygens (including phenoxy) is 1. The Bertz CT molecular complexity index is 1160. The first-order chi connectivity index (χ1) is 15.9. The molecule has 0 radical (unpaired) electrons. The second-order valence-corrected chi connectivity index (χ2v) is 10.8. The van der Waals surface area contributed by atoms with Crippen molar-refractivity contribution in [2.24, 2.45) is 10.5 Å². The summed E-state index contributed by atoms with van der Waals surface area (Å²) in [5.74, 6) is 1.26. The first kappa shape index (κ1) is 25.9. The van der Waals surface area contributed by atoms with Crippen molar-refractivity contribution in [2.75, 3.05) is 6.61 Å². The molecule has 3 rings (SSSR count). The van der Waals surface area contributed by atoms with Crippen LogP contribution in [0.4, 0.5) is 0 Å². The molecule has 0 saturated heterocycles. The lowest BCUT2D eigenvalue weighted by Gasteiger charge is -2.33. The summed E-state index contributed by atoms with van der Waals surface area (Å²) in [5, 5.41) is 4.78. The number of furan rings is 1. The molecule has 0 aliphatic heterocycles. The van der Waals surface area contributed by atoms with Crippen LogP contribution in [0.25, 0.3) is 11.3 Å². The number of carbonyl (C=O) groups is 1. The summed E-state index contributed by atoms with van der Waals surface area (Å²) in [6, 6.07) is 16.7. The molecule has 0 saturated carbocycles. The van der Waals surface area contributed by atoms with Gasteiger partial charge in [0.05, 0.1) is 16.3 Å². The van der Waals surface area contributed by atoms with Gasteiger partial charge >= 0.3 is 0 Å². The minimum Gasteiger partial charge on any atom is -0.484 e. The Hall–Kier alpha value is -2.76. The average molecular weight is 501 g/mol. The van der Waals surface area contributed by atoms with Gasteiger partial charge in [-0.1, -0.05) is 76.0 Å². The molecule has 5 nitrogen and oxygen atoms in total. The lowest BCUT2D eigenvalue weighted by Crippen LogP contribution is -2.25. The van der Waals surface area contributed by atoms with Crippen LogP contribution in [0.3, 0.4) is 0 Å². The second-order valence-electron chi connectivity index (χ2n) is 10.0. The third-order valence-corrected chi connectivity index (χ3v) is 6.02. The average Bonchev–Trinajstić information content (AvgIpc) is 3.21. The maximum Gasteiger partial charge on any atom is 0.277 e. The summed E-state index contributed by atoms with van der Waals surface area (Å²) in [4.78, 5) is 12.1. The van der Waals surface area contributed by atoms with Crippen molar-refractivity contribution in [3.63, 3.8) is 0 Å². The normalized spacial score (nSPS) is 12.2. The standard InChI is InChI=1S/C27H30Cl2N2O3/c1-26(2,3)17-27(4,5)18-9-11-19(12-10-18)33-16-24(32)31-30-15-20-13-14-23(34-20)21-7-6-8-22(28)25(21)29/h6-15H,16-17H2,1-5H3,(H,31,32). The molecule has 0 bridgehead atoms. The zero-order chi connectivity index (χ0) is 24.9. The van der Waals surface area contributed by atoms with Crippen LogP contribution >= 0.6 is 23.2 Å². The smallest absolute Gasteiger partial charge is 0.277 e. The van der Waals surface area contributed by atoms with Crippen molar-refractivity contribution in [3.8, 4) is 17.1 Å². The summed E-state index contributed by atoms with van der Waals surface area (Å²) in [6.45, 7) is 11.1. The predicted octanol–water partition coefficient (Wildman–Crippen LogP) is 7.50. The Balaban J connectivity index is 1.50. The van der Waals surface area contributed by atoms with Crippen LogP contribution in [-0.4, -0.2) is 18.7 Å². The number of carbonyl (C=O) groups excluding carboxylic acids is 1. The highest BCUT2D eigenvalue weighted by Crippen LogP contribution is 2.37. The highest BCUT2D eigenvalue weighted by atomic mass is 35.5. The maximum absolute atomic E-state index is 12.1. The molecule has 0 unspecified atom stereocenters. The van der Waals surface area contributed by atoms with Crippen LogP contribution in [0.15, 0.2) is 64.1 Å². The molecule has 0 aliphatic carbocycles. The van der Waals surface area contributed by atoms with Gasteiger partial charge < -0.3 is 9.15 Å². The van der Waals surface area contributed by atoms with Crippen molar-refractivity contribution in [2.45, 2.75) is 46.5 Å². The molecule has 0 fully saturated rings. The number of hydrazone groups is 1. The largest absolute Gasteiger partial charge is 0.484 e. The van der Waals surface area contributed by atoms with Crippen molar-refractivity contribution in [1.82, 2.24) is 5.43 Å². The second kappa shape index (κ2) is 10.7. The van der Waals surface area contributed by atoms with E-state index in [1.54, 1.807) is 24.3 Å². The Morgan fingerprint density at radius 3 is 2.41 bits per heavy atom. The number of halogens is 2. The van der Waals surface area contributed by atoms with Crippen molar-refractivity contribution in [3.05, 3.63) is 76.0 Å². The SMILES string of the molecule is CC(C)(C)CC(C)(C)c1ccc(OCC(=O)NN=Cc2ccc(-c3cccc(Cl)c3Cl)o2)cc1. The summed E-state index contributed by atoms with van der Waals surface area (Å²) >= 11 is 12.3. The van der Waals surface area contributed by atoms with E-state index in [2.05, 4.69) is 57.3 Å². The number of rotatable bonds is 8. The van der Waals surface area contributed by atoms with Gasteiger partial charge in [0, 0.05) is 5.56 Å². The summed E-state index contributed by atoms with van der Waals surface area (Å²) < 4.78 is 11.3. The molecule has 2 aromatic carbocycles. The molecule has 180 valence electrons. The maximum atomic E-state index is 12.1. The van der Waals surface area contributed by atoms with E-state index in [-0.39, 0.29) is 23.3 Å². The van der Waals surface area contributed by atoms with Crippen LogP contribution in [0.2, 0.25) is 10.0 Å². The fourth-order valence-electron chi connectivity index (χ4n) is 4.04. The molecular formula is C27H30Cl2N2O3. The minimum absolute atomic E-state index is 0.0483. The molecule has 1 aromatic heterocycles. The number of nitrogens with zero attached hydrogens (tertiary/aromatic N) is 1. The molecule has 0 atom stereocenters. The summed E-state index contributed by atoms with van der Waals surface area (Å²) in [7, 11) is 0. The van der Waals surface area contributed by atoms with E-state index in [9.17, 15) is 4.79 Å². The van der Waals surface area contributed by atoms with Gasteiger partial charge in [-0.2, -0.15) is 5.10 Å². The van der Waals surface area contributed by atoms with Crippen molar-refractivity contribution in [1.29, 1.82) is 0 Å². The van der Waals surface area contributed by atoms with E-state index in [0.29, 0.717) is 32.9 Å². The lowest BCUT2D eigenvalue weighted by molar-refractivity contribution is -0.123. The third kappa shape index (κ3) is 7.12. The van der Waals surface area contributed by atoms with Crippen LogP contribution in [0, 0.1) is 5.41 Å². The number of nitrogens with one attached hydrogen (secondary N) is 1. The zero-order valence-corrected chi connectivity index (χ0v) is 21.6. The number of hydrogen-bond donors (Lipinski definition) is 1. The first-order valence-corrected chi connectivity index (χ1v) is 11.8. The Labute approximate surface area is 211 Å². The summed E-state index contributed by atoms with van der Waals surface area (Å²) in [5.41, 5.74) is 4.63. The molecular weight excluding hydrogens is 471 g/mol. The molecule has 1 amide bonds. The van der Waals surface area contributed by atoms with Gasteiger partial charge in [0.1, 0.15) is 17.3 Å². The van der Waals surface area contributed by atoms with Gasteiger partial charge in [0.15, 0.2) is 6.61 Å². The zero-order valence-electron chi connectivity index (χ0n) is 20.1. The molecule has 7 heteroatoms. The quantitative estimate of drug-likeness (QED) is 0.257. The van der Waals surface area contributed by atoms with Crippen LogP contribution < -0.4 is 10.2 Å². The van der Waals surface area contributed by atoms with E-state index < -0.39 is 0 Å². The Morgan fingerprint density at radius 2 is 1.74 bits per heavy atom. The number of hydrogen-bond acceptors (Lipinski definition) is 4. The van der Waals surface area contributed by atoms with Gasteiger partial charge in [0.2, 0.25) is 0 Å². The molecule has 1 N–H and O–H groups in total. The van der Waals surface area contributed by atoms with Crippen LogP contribution in [-0.2, 0) is 10.2 Å². The molecule has 0 aliphatic rings. The van der Waals surface area contributed by atoms with Crippen LogP contribution in [0.5, 0.6) is 5.75 Å². The van der Waals surface area contributed by atoms with Gasteiger partial charge in [-0.15, -0.1) is 0 Å². The van der Waals surface area contributed by atoms with Gasteiger partial charge in [0.25, 0.3) is 5.91 Å². The third-order valence-electron chi connectivity index (χ3n) is 5.20. The molecule has 0 spiro atoms. The first-order valence-electron chi connectivity index (χ1n) is 11.0. The summed E-state index contributed by atoms with van der Waals surface area (Å²) in [6.07, 6.45) is 2.47. The van der Waals surface area contributed by atoms with Crippen molar-refractivity contribution >= 4 is 35.3 Å². The predicted molar refractivity (Wildman–Crippen MR) is 139 cm³/mol. The molecule has 1 heterocycles. The topological polar surface area (TPSA) is 63.8 Å². The van der Waals surface area contributed by atoms with Crippen molar-refractivity contribution < 1.29 is 13.9 Å². The van der Waals surface area contributed by atoms with Gasteiger partial charge in [-0.25, -0.2) is 5.43 Å². The fraction of sp³-hybridized carbons (Fsp3) is 0.333. The van der Waals surface area contributed by atoms with Crippen LogP contribution in [0.1, 0.15) is 52.4 Å². The molecule has 3 aromatic rings. The number of benzene rings is 2. The minimum atomic E-state index is -0.377. The fourth-order valence-corrected chi connectivity index (χ4v) is 4.43. The highest BCUT2D eigenvalue weighted by Gasteiger charge is 2.27. The lowest BCUT2D eigenvalue weighted by atomic mass is 9.72.